The molecule has 0 radical (unpaired) electrons. The highest BCUT2D eigenvalue weighted by Crippen LogP contribution is 2.35. The maximum absolute atomic E-state index is 5.72. The Morgan fingerprint density at radius 2 is 2.12 bits per heavy atom. The van der Waals surface area contributed by atoms with Gasteiger partial charge in [0.25, 0.3) is 0 Å². The lowest BCUT2D eigenvalue weighted by Gasteiger charge is -2.17. The molecule has 1 aromatic carbocycles. The van der Waals surface area contributed by atoms with Crippen LogP contribution in [-0.4, -0.2) is 12.6 Å². The maximum atomic E-state index is 5.72. The van der Waals surface area contributed by atoms with E-state index in [2.05, 4.69) is 31.3 Å². The van der Waals surface area contributed by atoms with Crippen molar-refractivity contribution in [3.05, 3.63) is 24.3 Å². The highest BCUT2D eigenvalue weighted by atomic mass is 16.5. The van der Waals surface area contributed by atoms with Gasteiger partial charge in [0.2, 0.25) is 0 Å². The third kappa shape index (κ3) is 2.91. The molecular weight excluding hydrogens is 198 g/mol. The van der Waals surface area contributed by atoms with E-state index >= 15 is 0 Å². The largest absolute Gasteiger partial charge is 0.491 e. The molecule has 88 valence electrons. The zero-order valence-corrected chi connectivity index (χ0v) is 10.2. The van der Waals surface area contributed by atoms with Gasteiger partial charge in [-0.3, -0.25) is 0 Å². The molecule has 1 atom stereocenters. The normalized spacial score (nSPS) is 16.9. The number of anilines is 1. The standard InChI is InChI=1S/C14H21NO/c1-3-10-16-14-7-5-4-6-13(14)15-11(2)12-8-9-12/h4-7,11-12,15H,3,8-10H2,1-2H3. The summed E-state index contributed by atoms with van der Waals surface area (Å²) in [6.07, 6.45) is 3.78. The molecule has 0 heterocycles. The maximum Gasteiger partial charge on any atom is 0.142 e. The number of hydrogen-bond donors (Lipinski definition) is 1. The first kappa shape index (κ1) is 11.3. The fraction of sp³-hybridized carbons (Fsp3) is 0.571. The minimum absolute atomic E-state index is 0.561. The molecule has 2 heteroatoms. The summed E-state index contributed by atoms with van der Waals surface area (Å²) in [4.78, 5) is 0. The van der Waals surface area contributed by atoms with Crippen molar-refractivity contribution in [3.8, 4) is 5.75 Å². The topological polar surface area (TPSA) is 21.3 Å². The summed E-state index contributed by atoms with van der Waals surface area (Å²) in [5.74, 6) is 1.84. The van der Waals surface area contributed by atoms with Crippen molar-refractivity contribution in [2.24, 2.45) is 5.92 Å². The van der Waals surface area contributed by atoms with Gasteiger partial charge in [-0.25, -0.2) is 0 Å². The van der Waals surface area contributed by atoms with Crippen molar-refractivity contribution in [1.82, 2.24) is 0 Å². The van der Waals surface area contributed by atoms with E-state index in [1.165, 1.54) is 12.8 Å². The number of nitrogens with one attached hydrogen (secondary N) is 1. The molecule has 0 aliphatic heterocycles. The molecule has 0 aromatic heterocycles. The van der Waals surface area contributed by atoms with Gasteiger partial charge >= 0.3 is 0 Å². The van der Waals surface area contributed by atoms with E-state index in [4.69, 9.17) is 4.74 Å². The Kier molecular flexibility index (Phi) is 3.70. The van der Waals surface area contributed by atoms with E-state index < -0.39 is 0 Å². The summed E-state index contributed by atoms with van der Waals surface area (Å²) in [7, 11) is 0. The van der Waals surface area contributed by atoms with E-state index in [-0.39, 0.29) is 0 Å². The van der Waals surface area contributed by atoms with Crippen LogP contribution < -0.4 is 10.1 Å². The van der Waals surface area contributed by atoms with Gasteiger partial charge < -0.3 is 10.1 Å². The number of rotatable bonds is 6. The SMILES string of the molecule is CCCOc1ccccc1NC(C)C1CC1. The number of benzene rings is 1. The first-order valence-electron chi connectivity index (χ1n) is 6.29. The quantitative estimate of drug-likeness (QED) is 0.788. The lowest BCUT2D eigenvalue weighted by atomic mass is 10.2. The third-order valence-corrected chi connectivity index (χ3v) is 3.06. The second kappa shape index (κ2) is 5.24. The number of ether oxygens (including phenoxy) is 1. The lowest BCUT2D eigenvalue weighted by molar-refractivity contribution is 0.318. The smallest absolute Gasteiger partial charge is 0.142 e. The molecule has 1 saturated carbocycles. The Bertz CT molecular complexity index is 333. The van der Waals surface area contributed by atoms with Gasteiger partial charge in [-0.15, -0.1) is 0 Å². The molecule has 0 amide bonds. The van der Waals surface area contributed by atoms with Crippen molar-refractivity contribution in [2.75, 3.05) is 11.9 Å². The fourth-order valence-corrected chi connectivity index (χ4v) is 1.88. The van der Waals surface area contributed by atoms with E-state index in [9.17, 15) is 0 Å². The minimum atomic E-state index is 0.561. The van der Waals surface area contributed by atoms with Gasteiger partial charge in [-0.1, -0.05) is 19.1 Å². The molecular formula is C14H21NO. The van der Waals surface area contributed by atoms with Gasteiger partial charge in [0.05, 0.1) is 12.3 Å². The highest BCUT2D eigenvalue weighted by molar-refractivity contribution is 5.56. The summed E-state index contributed by atoms with van der Waals surface area (Å²) in [6, 6.07) is 8.78. The molecule has 1 aromatic rings. The fourth-order valence-electron chi connectivity index (χ4n) is 1.88. The van der Waals surface area contributed by atoms with E-state index in [0.29, 0.717) is 6.04 Å². The summed E-state index contributed by atoms with van der Waals surface area (Å²) in [5, 5.41) is 3.56. The van der Waals surface area contributed by atoms with Crippen molar-refractivity contribution in [3.63, 3.8) is 0 Å². The molecule has 1 unspecified atom stereocenters. The van der Waals surface area contributed by atoms with Crippen LogP contribution in [0.15, 0.2) is 24.3 Å². The molecule has 0 saturated heterocycles. The second-order valence-electron chi connectivity index (χ2n) is 4.62. The zero-order chi connectivity index (χ0) is 11.4. The predicted octanol–water partition coefficient (Wildman–Crippen LogP) is 3.69. The van der Waals surface area contributed by atoms with Crippen LogP contribution in [0, 0.1) is 5.92 Å². The summed E-state index contributed by atoms with van der Waals surface area (Å²) in [6.45, 7) is 5.17. The Morgan fingerprint density at radius 3 is 2.81 bits per heavy atom. The Morgan fingerprint density at radius 1 is 1.38 bits per heavy atom. The van der Waals surface area contributed by atoms with Crippen LogP contribution >= 0.6 is 0 Å². The highest BCUT2D eigenvalue weighted by Gasteiger charge is 2.28. The van der Waals surface area contributed by atoms with Crippen LogP contribution in [-0.2, 0) is 0 Å². The Hall–Kier alpha value is -1.18. The van der Waals surface area contributed by atoms with Gasteiger partial charge in [-0.05, 0) is 44.2 Å². The molecule has 0 spiro atoms. The number of para-hydroxylation sites is 2. The van der Waals surface area contributed by atoms with Gasteiger partial charge in [0, 0.05) is 6.04 Å². The van der Waals surface area contributed by atoms with E-state index in [0.717, 1.165) is 30.4 Å². The van der Waals surface area contributed by atoms with Crippen molar-refractivity contribution in [2.45, 2.75) is 39.2 Å². The van der Waals surface area contributed by atoms with Crippen LogP contribution in [0.3, 0.4) is 0 Å². The molecule has 16 heavy (non-hydrogen) atoms. The molecule has 1 fully saturated rings. The van der Waals surface area contributed by atoms with Crippen LogP contribution in [0.4, 0.5) is 5.69 Å². The number of hydrogen-bond acceptors (Lipinski definition) is 2. The van der Waals surface area contributed by atoms with E-state index in [1.54, 1.807) is 0 Å². The Balaban J connectivity index is 2.00. The molecule has 2 rings (SSSR count). The molecule has 2 nitrogen and oxygen atoms in total. The van der Waals surface area contributed by atoms with Gasteiger partial charge in [0.15, 0.2) is 0 Å². The zero-order valence-electron chi connectivity index (χ0n) is 10.2. The van der Waals surface area contributed by atoms with Crippen molar-refractivity contribution < 1.29 is 4.74 Å². The van der Waals surface area contributed by atoms with Crippen LogP contribution in [0.5, 0.6) is 5.75 Å². The minimum Gasteiger partial charge on any atom is -0.491 e. The van der Waals surface area contributed by atoms with Crippen LogP contribution in [0.2, 0.25) is 0 Å². The van der Waals surface area contributed by atoms with Crippen LogP contribution in [0.1, 0.15) is 33.1 Å². The first-order chi connectivity index (χ1) is 7.81. The third-order valence-electron chi connectivity index (χ3n) is 3.06. The summed E-state index contributed by atoms with van der Waals surface area (Å²) >= 11 is 0. The van der Waals surface area contributed by atoms with Gasteiger partial charge in [-0.2, -0.15) is 0 Å². The second-order valence-corrected chi connectivity index (χ2v) is 4.62. The van der Waals surface area contributed by atoms with E-state index in [1.807, 2.05) is 12.1 Å². The summed E-state index contributed by atoms with van der Waals surface area (Å²) in [5.41, 5.74) is 1.13. The predicted molar refractivity (Wildman–Crippen MR) is 68.0 cm³/mol. The van der Waals surface area contributed by atoms with Crippen LogP contribution in [0.25, 0.3) is 0 Å². The molecule has 0 bridgehead atoms. The molecule has 1 aliphatic carbocycles. The van der Waals surface area contributed by atoms with Gasteiger partial charge in [0.1, 0.15) is 5.75 Å². The average Bonchev–Trinajstić information content (AvgIpc) is 3.11. The monoisotopic (exact) mass is 219 g/mol. The summed E-state index contributed by atoms with van der Waals surface area (Å²) < 4.78 is 5.72. The molecule has 1 aliphatic rings. The lowest BCUT2D eigenvalue weighted by Crippen LogP contribution is -2.17. The Labute approximate surface area is 98.0 Å². The molecule has 1 N–H and O–H groups in total. The van der Waals surface area contributed by atoms with Crippen molar-refractivity contribution >= 4 is 5.69 Å². The average molecular weight is 219 g/mol. The first-order valence-corrected chi connectivity index (χ1v) is 6.29. The van der Waals surface area contributed by atoms with Crippen molar-refractivity contribution in [1.29, 1.82) is 0 Å².